The Morgan fingerprint density at radius 3 is 2.44 bits per heavy atom. The lowest BCUT2D eigenvalue weighted by Gasteiger charge is -2.26. The second-order valence-corrected chi connectivity index (χ2v) is 9.60. The number of unbranched alkanes of at least 4 members (excludes halogenated alkanes) is 1. The van der Waals surface area contributed by atoms with Gasteiger partial charge < -0.3 is 15.7 Å². The maximum atomic E-state index is 12.3. The number of carbonyl (C=O) groups excluding carboxylic acids is 1. The van der Waals surface area contributed by atoms with E-state index in [1.54, 1.807) is 13.8 Å². The number of hydrazone groups is 1. The minimum Gasteiger partial charge on any atom is -0.389 e. The normalized spacial score (nSPS) is 15.1. The third kappa shape index (κ3) is 9.95. The molecule has 6 nitrogen and oxygen atoms in total. The second kappa shape index (κ2) is 14.9. The van der Waals surface area contributed by atoms with E-state index in [9.17, 15) is 4.79 Å². The van der Waals surface area contributed by atoms with Gasteiger partial charge in [-0.15, -0.1) is 0 Å². The van der Waals surface area contributed by atoms with Crippen LogP contribution >= 0.6 is 15.9 Å². The maximum Gasteiger partial charge on any atom is 0.251 e. The Labute approximate surface area is 214 Å². The second-order valence-electron chi connectivity index (χ2n) is 8.79. The molecule has 0 aromatic heterocycles. The first-order chi connectivity index (χ1) is 16.1. The Morgan fingerprint density at radius 1 is 1.24 bits per heavy atom. The summed E-state index contributed by atoms with van der Waals surface area (Å²) in [5, 5.41) is 21.4. The van der Waals surface area contributed by atoms with Crippen LogP contribution in [-0.4, -0.2) is 46.4 Å². The molecule has 1 aliphatic heterocycles. The fraction of sp³-hybridized carbons (Fsp3) is 0.481. The summed E-state index contributed by atoms with van der Waals surface area (Å²) in [6.07, 6.45) is 11.3. The van der Waals surface area contributed by atoms with Crippen molar-refractivity contribution in [2.24, 2.45) is 5.10 Å². The molecule has 188 valence electrons. The van der Waals surface area contributed by atoms with Crippen LogP contribution in [0.15, 0.2) is 53.3 Å². The number of halogens is 1. The summed E-state index contributed by atoms with van der Waals surface area (Å²) in [6, 6.07) is 5.94. The van der Waals surface area contributed by atoms with Crippen molar-refractivity contribution in [3.8, 4) is 0 Å². The van der Waals surface area contributed by atoms with Crippen molar-refractivity contribution in [2.75, 3.05) is 20.1 Å². The van der Waals surface area contributed by atoms with E-state index in [4.69, 9.17) is 5.11 Å². The number of carbonyl (C=O) groups is 1. The molecule has 0 atom stereocenters. The van der Waals surface area contributed by atoms with E-state index in [1.165, 1.54) is 0 Å². The highest BCUT2D eigenvalue weighted by molar-refractivity contribution is 9.18. The molecule has 34 heavy (non-hydrogen) atoms. The van der Waals surface area contributed by atoms with Crippen LogP contribution in [0.2, 0.25) is 0 Å². The number of aliphatic hydroxyl groups is 1. The van der Waals surface area contributed by atoms with Gasteiger partial charge in [0.25, 0.3) is 5.91 Å². The molecule has 7 heteroatoms. The van der Waals surface area contributed by atoms with Crippen LogP contribution in [0.5, 0.6) is 0 Å². The quantitative estimate of drug-likeness (QED) is 0.379. The van der Waals surface area contributed by atoms with Gasteiger partial charge in [0.05, 0.1) is 17.0 Å². The molecule has 3 N–H and O–H groups in total. The summed E-state index contributed by atoms with van der Waals surface area (Å²) in [7, 11) is 1.82. The van der Waals surface area contributed by atoms with Crippen LogP contribution in [-0.2, 0) is 0 Å². The number of nitrogens with zero attached hydrogens (tertiary/aromatic N) is 2. The molecular weight excluding hydrogens is 492 g/mol. The van der Waals surface area contributed by atoms with Gasteiger partial charge in [-0.3, -0.25) is 4.79 Å². The van der Waals surface area contributed by atoms with E-state index < -0.39 is 5.60 Å². The van der Waals surface area contributed by atoms with Crippen molar-refractivity contribution in [2.45, 2.75) is 66.4 Å². The minimum absolute atomic E-state index is 0.0203. The van der Waals surface area contributed by atoms with E-state index in [2.05, 4.69) is 56.8 Å². The van der Waals surface area contributed by atoms with E-state index in [1.807, 2.05) is 57.1 Å². The predicted molar refractivity (Wildman–Crippen MR) is 148 cm³/mol. The summed E-state index contributed by atoms with van der Waals surface area (Å²) in [6.45, 7) is 13.1. The highest BCUT2D eigenvalue weighted by Crippen LogP contribution is 2.29. The Morgan fingerprint density at radius 2 is 1.94 bits per heavy atom. The highest BCUT2D eigenvalue weighted by atomic mass is 79.9. The number of hydrogen-bond donors (Lipinski definition) is 3. The lowest BCUT2D eigenvalue weighted by atomic mass is 10.0. The third-order valence-electron chi connectivity index (χ3n) is 4.89. The first kappa shape index (κ1) is 29.8. The number of likely N-dealkylation sites (N-methyl/N-ethyl adjacent to an activating group) is 1. The molecule has 1 amide bonds. The molecule has 0 spiro atoms. The molecule has 1 aliphatic rings. The monoisotopic (exact) mass is 532 g/mol. The van der Waals surface area contributed by atoms with Gasteiger partial charge in [-0.05, 0) is 93.4 Å². The summed E-state index contributed by atoms with van der Waals surface area (Å²) in [5.74, 6) is -0.0203. The topological polar surface area (TPSA) is 77.0 Å². The number of allylic oxidation sites excluding steroid dienone is 4. The molecular formula is C27H41BrN4O2. The Kier molecular flexibility index (Phi) is 13.1. The van der Waals surface area contributed by atoms with Gasteiger partial charge in [-0.2, -0.15) is 5.10 Å². The van der Waals surface area contributed by atoms with Crippen LogP contribution in [0.3, 0.4) is 0 Å². The van der Waals surface area contributed by atoms with Crippen LogP contribution in [0.4, 0.5) is 0 Å². The lowest BCUT2D eigenvalue weighted by Crippen LogP contribution is -2.32. The smallest absolute Gasteiger partial charge is 0.251 e. The summed E-state index contributed by atoms with van der Waals surface area (Å²) < 4.78 is 0.780. The summed E-state index contributed by atoms with van der Waals surface area (Å²) in [5.41, 5.74) is 4.18. The average molecular weight is 534 g/mol. The van der Waals surface area contributed by atoms with Crippen LogP contribution in [0.1, 0.15) is 75.4 Å². The van der Waals surface area contributed by atoms with Crippen LogP contribution in [0.25, 0.3) is 5.70 Å². The number of hydrogen-bond acceptors (Lipinski definition) is 5. The maximum absolute atomic E-state index is 12.3. The summed E-state index contributed by atoms with van der Waals surface area (Å²) in [4.78, 5) is 12.3. The Bertz CT molecular complexity index is 927. The van der Waals surface area contributed by atoms with Crippen LogP contribution < -0.4 is 10.6 Å². The molecule has 0 saturated heterocycles. The van der Waals surface area contributed by atoms with Crippen molar-refractivity contribution in [1.29, 1.82) is 0 Å². The Hall–Kier alpha value is -2.22. The molecule has 1 heterocycles. The van der Waals surface area contributed by atoms with Crippen LogP contribution in [0, 0.1) is 6.92 Å². The fourth-order valence-electron chi connectivity index (χ4n) is 3.31. The Balaban J connectivity index is 0.000000718. The first-order valence-electron chi connectivity index (χ1n) is 11.9. The molecule has 0 unspecified atom stereocenters. The fourth-order valence-corrected chi connectivity index (χ4v) is 3.60. The van der Waals surface area contributed by atoms with Crippen molar-refractivity contribution in [3.05, 3.63) is 64.9 Å². The van der Waals surface area contributed by atoms with Crippen molar-refractivity contribution in [1.82, 2.24) is 15.6 Å². The van der Waals surface area contributed by atoms with E-state index in [-0.39, 0.29) is 5.91 Å². The van der Waals surface area contributed by atoms with E-state index in [0.29, 0.717) is 18.7 Å². The largest absolute Gasteiger partial charge is 0.389 e. The molecule has 0 saturated carbocycles. The van der Waals surface area contributed by atoms with Gasteiger partial charge in [0.1, 0.15) is 4.62 Å². The molecule has 0 aliphatic carbocycles. The number of amides is 1. The molecule has 1 aromatic rings. The molecule has 0 radical (unpaired) electrons. The number of benzene rings is 1. The average Bonchev–Trinajstić information content (AvgIpc) is 2.77. The van der Waals surface area contributed by atoms with E-state index >= 15 is 0 Å². The van der Waals surface area contributed by atoms with Crippen molar-refractivity contribution >= 4 is 32.2 Å². The number of rotatable bonds is 9. The van der Waals surface area contributed by atoms with Crippen molar-refractivity contribution in [3.63, 3.8) is 0 Å². The zero-order valence-corrected chi connectivity index (χ0v) is 23.3. The molecule has 0 bridgehead atoms. The number of aryl methyl sites for hydroxylation is 1. The lowest BCUT2D eigenvalue weighted by molar-refractivity contribution is 0.0821. The van der Waals surface area contributed by atoms with Gasteiger partial charge in [-0.25, -0.2) is 5.01 Å². The molecule has 0 fully saturated rings. The third-order valence-corrected chi connectivity index (χ3v) is 5.31. The minimum atomic E-state index is -0.561. The predicted octanol–water partition coefficient (Wildman–Crippen LogP) is 5.74. The van der Waals surface area contributed by atoms with Gasteiger partial charge in [0.2, 0.25) is 0 Å². The van der Waals surface area contributed by atoms with Gasteiger partial charge in [0, 0.05) is 24.2 Å². The van der Waals surface area contributed by atoms with Gasteiger partial charge >= 0.3 is 0 Å². The first-order valence-corrected chi connectivity index (χ1v) is 12.7. The zero-order valence-electron chi connectivity index (χ0n) is 21.7. The molecule has 2 rings (SSSR count). The van der Waals surface area contributed by atoms with E-state index in [0.717, 1.165) is 46.4 Å². The highest BCUT2D eigenvalue weighted by Gasteiger charge is 2.18. The summed E-state index contributed by atoms with van der Waals surface area (Å²) >= 11 is 3.48. The standard InChI is InChI=1S/C22H28BrN3O.C5H13NO/c1-5-8-9-18-11-13-21(23)25-26(18)20(7-3)17-10-12-19(16(4)15-17)22(27)24-14-6-2;1-5(2,7)4-6-3/h7,9-13,15H,5-6,8,14H2,1-4H3,(H,24,27);6-7H,4H2,1-3H3/b18-9+,20-7-;. The van der Waals surface area contributed by atoms with Crippen molar-refractivity contribution < 1.29 is 9.90 Å². The number of nitrogens with one attached hydrogen (secondary N) is 2. The van der Waals surface area contributed by atoms with Gasteiger partial charge in [-0.1, -0.05) is 38.5 Å². The SMILES string of the molecule is C/C=C(/c1ccc(C(=O)NCCC)c(C)c1)N1N=C(Br)C=C/C1=C\CCC.CNCC(C)(C)O. The zero-order chi connectivity index (χ0) is 25.7. The molecule has 1 aromatic carbocycles. The van der Waals surface area contributed by atoms with Gasteiger partial charge in [0.15, 0.2) is 0 Å².